The minimum absolute atomic E-state index is 0.00580. The van der Waals surface area contributed by atoms with Crippen LogP contribution in [0.5, 0.6) is 5.75 Å². The van der Waals surface area contributed by atoms with E-state index in [4.69, 9.17) is 21.4 Å². The maximum absolute atomic E-state index is 11.5. The Morgan fingerprint density at radius 3 is 2.81 bits per heavy atom. The average molecular weight is 246 g/mol. The van der Waals surface area contributed by atoms with Crippen LogP contribution in [0.2, 0.25) is 0 Å². The molecule has 5 nitrogen and oxygen atoms in total. The van der Waals surface area contributed by atoms with Gasteiger partial charge in [-0.15, -0.1) is 11.6 Å². The van der Waals surface area contributed by atoms with E-state index in [0.717, 1.165) is 0 Å². The quantitative estimate of drug-likeness (QED) is 0.803. The predicted octanol–water partition coefficient (Wildman–Crippen LogP) is 0.976. The number of aromatic nitrogens is 1. The maximum atomic E-state index is 11.5. The zero-order valence-corrected chi connectivity index (χ0v) is 9.69. The summed E-state index contributed by atoms with van der Waals surface area (Å²) in [4.78, 5) is 22.1. The molecule has 0 saturated carbocycles. The van der Waals surface area contributed by atoms with Crippen LogP contribution in [0, 0.1) is 0 Å². The second-order valence-corrected chi connectivity index (χ2v) is 3.60. The van der Waals surface area contributed by atoms with Crippen molar-refractivity contribution < 1.29 is 14.6 Å². The molecule has 6 heteroatoms. The topological polar surface area (TPSA) is 68.5 Å². The van der Waals surface area contributed by atoms with Crippen LogP contribution in [-0.2, 0) is 17.7 Å². The zero-order chi connectivity index (χ0) is 12.3. The van der Waals surface area contributed by atoms with Gasteiger partial charge in [0.1, 0.15) is 0 Å². The summed E-state index contributed by atoms with van der Waals surface area (Å²) < 4.78 is 6.63. The molecule has 1 aromatic heterocycles. The second kappa shape index (κ2) is 5.03. The van der Waals surface area contributed by atoms with E-state index >= 15 is 0 Å². The van der Waals surface area contributed by atoms with Crippen LogP contribution >= 0.6 is 11.6 Å². The Balaban J connectivity index is 3.03. The van der Waals surface area contributed by atoms with E-state index in [9.17, 15) is 9.59 Å². The minimum Gasteiger partial charge on any atom is -0.479 e. The Hall–Kier alpha value is -1.49. The number of hydrogen-bond acceptors (Lipinski definition) is 3. The van der Waals surface area contributed by atoms with Gasteiger partial charge in [-0.25, -0.2) is 4.79 Å². The number of pyridine rings is 1. The van der Waals surface area contributed by atoms with Gasteiger partial charge in [0.05, 0.1) is 12.1 Å². The number of alkyl halides is 1. The van der Waals surface area contributed by atoms with Gasteiger partial charge in [-0.2, -0.15) is 0 Å². The van der Waals surface area contributed by atoms with Gasteiger partial charge < -0.3 is 14.4 Å². The third kappa shape index (κ3) is 2.76. The summed E-state index contributed by atoms with van der Waals surface area (Å²) in [7, 11) is 1.70. The average Bonchev–Trinajstić information content (AvgIpc) is 2.22. The number of carbonyl (C=O) groups is 1. The van der Waals surface area contributed by atoms with Crippen LogP contribution in [-0.4, -0.2) is 21.7 Å². The largest absolute Gasteiger partial charge is 0.479 e. The maximum Gasteiger partial charge on any atom is 0.344 e. The molecule has 1 aromatic rings. The molecule has 0 fully saturated rings. The molecule has 16 heavy (non-hydrogen) atoms. The van der Waals surface area contributed by atoms with Crippen molar-refractivity contribution >= 4 is 17.6 Å². The van der Waals surface area contributed by atoms with Crippen molar-refractivity contribution in [2.45, 2.75) is 18.9 Å². The highest BCUT2D eigenvalue weighted by atomic mass is 35.5. The summed E-state index contributed by atoms with van der Waals surface area (Å²) in [5.41, 5.74) is 0.267. The molecule has 1 atom stereocenters. The molecule has 1 heterocycles. The van der Waals surface area contributed by atoms with Gasteiger partial charge >= 0.3 is 5.97 Å². The Morgan fingerprint density at radius 2 is 2.31 bits per heavy atom. The molecule has 0 radical (unpaired) electrons. The number of carboxylic acids is 1. The lowest BCUT2D eigenvalue weighted by Gasteiger charge is -2.12. The molecule has 0 saturated heterocycles. The number of hydrogen-bond donors (Lipinski definition) is 1. The first-order chi connectivity index (χ1) is 7.45. The Bertz CT molecular complexity index is 455. The lowest BCUT2D eigenvalue weighted by molar-refractivity contribution is -0.144. The van der Waals surface area contributed by atoms with Crippen molar-refractivity contribution in [2.24, 2.45) is 7.05 Å². The van der Waals surface area contributed by atoms with E-state index < -0.39 is 12.1 Å². The van der Waals surface area contributed by atoms with Gasteiger partial charge in [0.2, 0.25) is 5.43 Å². The molecule has 0 aliphatic carbocycles. The minimum atomic E-state index is -1.12. The van der Waals surface area contributed by atoms with E-state index in [-0.39, 0.29) is 17.1 Å². The molecular formula is C10H12ClNO4. The summed E-state index contributed by atoms with van der Waals surface area (Å²) in [6.07, 6.45) is 0.369. The van der Waals surface area contributed by atoms with E-state index in [2.05, 4.69) is 0 Å². The number of aliphatic carboxylic acids is 1. The van der Waals surface area contributed by atoms with Crippen molar-refractivity contribution in [1.82, 2.24) is 4.57 Å². The summed E-state index contributed by atoms with van der Waals surface area (Å²) in [6.45, 7) is 1.36. The van der Waals surface area contributed by atoms with Crippen molar-refractivity contribution in [1.29, 1.82) is 0 Å². The van der Waals surface area contributed by atoms with Gasteiger partial charge in [-0.05, 0) is 6.92 Å². The Kier molecular flexibility index (Phi) is 3.95. The Labute approximate surface area is 97.2 Å². The van der Waals surface area contributed by atoms with Crippen LogP contribution in [0.15, 0.2) is 17.1 Å². The second-order valence-electron chi connectivity index (χ2n) is 3.34. The highest BCUT2D eigenvalue weighted by Gasteiger charge is 2.15. The van der Waals surface area contributed by atoms with Crippen molar-refractivity contribution in [3.8, 4) is 5.75 Å². The van der Waals surface area contributed by atoms with E-state index in [1.807, 2.05) is 0 Å². The van der Waals surface area contributed by atoms with Gasteiger partial charge in [0.15, 0.2) is 11.9 Å². The lowest BCUT2D eigenvalue weighted by atomic mass is 10.3. The summed E-state index contributed by atoms with van der Waals surface area (Å²) in [6, 6.07) is 1.33. The number of nitrogens with zero attached hydrogens (tertiary/aromatic N) is 1. The fourth-order valence-corrected chi connectivity index (χ4v) is 1.37. The van der Waals surface area contributed by atoms with Crippen molar-refractivity contribution in [3.63, 3.8) is 0 Å². The van der Waals surface area contributed by atoms with Crippen LogP contribution in [0.4, 0.5) is 0 Å². The number of ether oxygens (including phenoxy) is 1. The molecular weight excluding hydrogens is 234 g/mol. The monoisotopic (exact) mass is 245 g/mol. The standard InChI is InChI=1S/C10H12ClNO4/c1-6(10(14)15)16-9-5-12(2)7(4-11)3-8(9)13/h3,5-6H,4H2,1-2H3,(H,14,15). The van der Waals surface area contributed by atoms with Crippen LogP contribution < -0.4 is 10.2 Å². The molecule has 0 aromatic carbocycles. The number of halogens is 1. The SMILES string of the molecule is CC(Oc1cn(C)c(CCl)cc1=O)C(=O)O. The van der Waals surface area contributed by atoms with Gasteiger partial charge in [0.25, 0.3) is 0 Å². The molecule has 0 spiro atoms. The van der Waals surface area contributed by atoms with E-state index in [1.165, 1.54) is 19.2 Å². The van der Waals surface area contributed by atoms with Crippen LogP contribution in [0.1, 0.15) is 12.6 Å². The first-order valence-corrected chi connectivity index (χ1v) is 5.14. The first kappa shape index (κ1) is 12.6. The fraction of sp³-hybridized carbons (Fsp3) is 0.400. The normalized spacial score (nSPS) is 12.2. The molecule has 1 unspecified atom stereocenters. The van der Waals surface area contributed by atoms with Crippen molar-refractivity contribution in [3.05, 3.63) is 28.2 Å². The number of rotatable bonds is 4. The summed E-state index contributed by atoms with van der Waals surface area (Å²) >= 11 is 5.62. The highest BCUT2D eigenvalue weighted by Crippen LogP contribution is 2.09. The smallest absolute Gasteiger partial charge is 0.344 e. The van der Waals surface area contributed by atoms with Gasteiger partial charge in [0, 0.05) is 18.8 Å². The molecule has 0 amide bonds. The third-order valence-corrected chi connectivity index (χ3v) is 2.37. The lowest BCUT2D eigenvalue weighted by Crippen LogP contribution is -2.26. The predicted molar refractivity (Wildman–Crippen MR) is 59.0 cm³/mol. The summed E-state index contributed by atoms with van der Waals surface area (Å²) in [5.74, 6) is -0.907. The van der Waals surface area contributed by atoms with Crippen LogP contribution in [0.25, 0.3) is 0 Å². The Morgan fingerprint density at radius 1 is 1.69 bits per heavy atom. The van der Waals surface area contributed by atoms with E-state index in [1.54, 1.807) is 11.6 Å². The third-order valence-electron chi connectivity index (χ3n) is 2.09. The highest BCUT2D eigenvalue weighted by molar-refractivity contribution is 6.16. The number of carboxylic acid groups (broad SMARTS) is 1. The first-order valence-electron chi connectivity index (χ1n) is 4.60. The number of aryl methyl sites for hydroxylation is 1. The molecule has 0 aliphatic heterocycles. The van der Waals surface area contributed by atoms with Gasteiger partial charge in [-0.1, -0.05) is 0 Å². The molecule has 0 aliphatic rings. The summed E-state index contributed by atoms with van der Waals surface area (Å²) in [5, 5.41) is 8.65. The van der Waals surface area contributed by atoms with Crippen LogP contribution in [0.3, 0.4) is 0 Å². The van der Waals surface area contributed by atoms with Crippen molar-refractivity contribution in [2.75, 3.05) is 0 Å². The zero-order valence-electron chi connectivity index (χ0n) is 8.94. The molecule has 1 rings (SSSR count). The van der Waals surface area contributed by atoms with Gasteiger partial charge in [-0.3, -0.25) is 4.79 Å². The molecule has 88 valence electrons. The molecule has 0 bridgehead atoms. The van der Waals surface area contributed by atoms with E-state index in [0.29, 0.717) is 5.69 Å². The molecule has 1 N–H and O–H groups in total. The fourth-order valence-electron chi connectivity index (χ4n) is 1.11.